The quantitative estimate of drug-likeness (QED) is 0.273. The Morgan fingerprint density at radius 3 is 1.23 bits per heavy atom. The number of benzene rings is 2. The summed E-state index contributed by atoms with van der Waals surface area (Å²) in [4.78, 5) is 1.19. The van der Waals surface area contributed by atoms with Crippen molar-refractivity contribution < 1.29 is 85.1 Å². The third-order valence-electron chi connectivity index (χ3n) is 3.08. The van der Waals surface area contributed by atoms with Crippen LogP contribution < -0.4 is 64.0 Å². The van der Waals surface area contributed by atoms with E-state index in [0.29, 0.717) is 16.4 Å². The van der Waals surface area contributed by atoms with Crippen LogP contribution in [0.3, 0.4) is 0 Å². The molecule has 0 aromatic heterocycles. The molecule has 12 heteroatoms. The fraction of sp³-hybridized carbons (Fsp3) is 0.0714. The minimum atomic E-state index is -4.55. The summed E-state index contributed by atoms with van der Waals surface area (Å²) in [6.45, 7) is 1.62. The second-order valence-electron chi connectivity index (χ2n) is 4.75. The predicted molar refractivity (Wildman–Crippen MR) is 89.2 cm³/mol. The Morgan fingerprint density at radius 1 is 0.769 bits per heavy atom. The monoisotopic (exact) mass is 431 g/mol. The molecule has 0 bridgehead atoms. The van der Waals surface area contributed by atoms with Gasteiger partial charge in [-0.3, -0.25) is 0 Å². The molecule has 0 radical (unpaired) electrons. The molecule has 2 aromatic carbocycles. The van der Waals surface area contributed by atoms with Crippen LogP contribution >= 0.6 is 12.2 Å². The van der Waals surface area contributed by atoms with Crippen molar-refractivity contribution in [1.29, 1.82) is 0 Å². The standard InChI is InChI=1S/C14H13NO6S3.2Na/c1-10(22)15(11-2-6-13(7-3-11)23(16,17)18)12-4-8-14(9-5-12)24(19,20)21;;/h2-9H,1H3,(H,16,17,18)(H,19,20,21);;/q;2*+1/p-2. The molecule has 0 N–H and O–H groups in total. The van der Waals surface area contributed by atoms with Crippen molar-refractivity contribution >= 4 is 48.8 Å². The van der Waals surface area contributed by atoms with E-state index >= 15 is 0 Å². The van der Waals surface area contributed by atoms with Gasteiger partial charge in [0.05, 0.1) is 14.8 Å². The molecule has 0 amide bonds. The Balaban J connectivity index is 0.00000312. The Morgan fingerprint density at radius 2 is 1.04 bits per heavy atom. The Hall–Kier alpha value is 0.150. The van der Waals surface area contributed by atoms with Crippen molar-refractivity contribution in [3.63, 3.8) is 0 Å². The van der Waals surface area contributed by atoms with Gasteiger partial charge >= 0.3 is 59.1 Å². The summed E-state index contributed by atoms with van der Waals surface area (Å²) < 4.78 is 65.8. The van der Waals surface area contributed by atoms with Gasteiger partial charge in [-0.15, -0.1) is 0 Å². The molecule has 26 heavy (non-hydrogen) atoms. The SMILES string of the molecule is CC(=S)N(c1ccc(S(=O)(=O)[O-])cc1)c1ccc(S(=O)(=O)[O-])cc1.[Na+].[Na+]. The minimum Gasteiger partial charge on any atom is -0.744 e. The van der Waals surface area contributed by atoms with E-state index < -0.39 is 20.2 Å². The fourth-order valence-electron chi connectivity index (χ4n) is 2.04. The largest absolute Gasteiger partial charge is 1.00 e. The maximum absolute atomic E-state index is 11.0. The van der Waals surface area contributed by atoms with Crippen LogP contribution in [0.4, 0.5) is 11.4 Å². The average molecular weight is 431 g/mol. The maximum Gasteiger partial charge on any atom is 1.00 e. The second kappa shape index (κ2) is 10.1. The molecule has 0 aliphatic rings. The van der Waals surface area contributed by atoms with Crippen molar-refractivity contribution in [2.75, 3.05) is 4.90 Å². The van der Waals surface area contributed by atoms with Crippen molar-refractivity contribution in [3.05, 3.63) is 48.5 Å². The van der Waals surface area contributed by atoms with Crippen LogP contribution in [0.25, 0.3) is 0 Å². The third-order valence-corrected chi connectivity index (χ3v) is 4.96. The Bertz CT molecular complexity index is 899. The van der Waals surface area contributed by atoms with E-state index in [1.165, 1.54) is 29.2 Å². The molecule has 0 saturated carbocycles. The average Bonchev–Trinajstić information content (AvgIpc) is 2.46. The third kappa shape index (κ3) is 6.64. The number of rotatable bonds is 4. The molecule has 128 valence electrons. The normalized spacial score (nSPS) is 11.0. The molecule has 0 fully saturated rings. The van der Waals surface area contributed by atoms with E-state index in [-0.39, 0.29) is 68.9 Å². The fourth-order valence-corrected chi connectivity index (χ4v) is 3.19. The molecule has 0 unspecified atom stereocenters. The summed E-state index contributed by atoms with van der Waals surface area (Å²) in [5.74, 6) is 0. The smallest absolute Gasteiger partial charge is 0.744 e. The van der Waals surface area contributed by atoms with Gasteiger partial charge in [0.2, 0.25) is 0 Å². The zero-order chi connectivity index (χ0) is 18.1. The number of hydrogen-bond acceptors (Lipinski definition) is 7. The Labute approximate surface area is 201 Å². The number of hydrogen-bond donors (Lipinski definition) is 0. The van der Waals surface area contributed by atoms with E-state index in [1.807, 2.05) is 0 Å². The number of thiocarbonyl (C=S) groups is 1. The molecule has 0 aliphatic heterocycles. The van der Waals surface area contributed by atoms with Gasteiger partial charge in [0.1, 0.15) is 20.2 Å². The van der Waals surface area contributed by atoms with Crippen molar-refractivity contribution in [3.8, 4) is 0 Å². The van der Waals surface area contributed by atoms with E-state index in [0.717, 1.165) is 24.3 Å². The van der Waals surface area contributed by atoms with Crippen LogP contribution in [-0.2, 0) is 20.2 Å². The number of nitrogens with zero attached hydrogens (tertiary/aromatic N) is 1. The summed E-state index contributed by atoms with van der Waals surface area (Å²) in [7, 11) is -9.11. The van der Waals surface area contributed by atoms with E-state index in [9.17, 15) is 25.9 Å². The van der Waals surface area contributed by atoms with Gasteiger partial charge in [-0.2, -0.15) is 0 Å². The first kappa shape index (κ1) is 26.1. The van der Waals surface area contributed by atoms with Crippen molar-refractivity contribution in [1.82, 2.24) is 0 Å². The van der Waals surface area contributed by atoms with Gasteiger partial charge in [0, 0.05) is 11.4 Å². The van der Waals surface area contributed by atoms with Crippen molar-refractivity contribution in [2.24, 2.45) is 0 Å². The van der Waals surface area contributed by atoms with E-state index in [1.54, 1.807) is 6.92 Å². The first-order chi connectivity index (χ1) is 11.0. The summed E-state index contributed by atoms with van der Waals surface area (Å²) in [6, 6.07) is 10.2. The number of anilines is 2. The summed E-state index contributed by atoms with van der Waals surface area (Å²) in [5, 5.41) is 0. The summed E-state index contributed by atoms with van der Waals surface area (Å²) in [6.07, 6.45) is 0. The van der Waals surface area contributed by atoms with Gasteiger partial charge in [0.25, 0.3) is 0 Å². The zero-order valence-electron chi connectivity index (χ0n) is 14.2. The summed E-state index contributed by atoms with van der Waals surface area (Å²) in [5.41, 5.74) is 0.959. The topological polar surface area (TPSA) is 118 Å². The zero-order valence-corrected chi connectivity index (χ0v) is 20.7. The van der Waals surface area contributed by atoms with Gasteiger partial charge in [-0.25, -0.2) is 16.8 Å². The predicted octanol–water partition coefficient (Wildman–Crippen LogP) is -4.01. The van der Waals surface area contributed by atoms with Gasteiger partial charge in [0.15, 0.2) is 0 Å². The van der Waals surface area contributed by atoms with Gasteiger partial charge in [-0.1, -0.05) is 12.2 Å². The van der Waals surface area contributed by atoms with Crippen LogP contribution in [-0.4, -0.2) is 30.9 Å². The van der Waals surface area contributed by atoms with Crippen LogP contribution in [0.15, 0.2) is 58.3 Å². The molecule has 0 aliphatic carbocycles. The van der Waals surface area contributed by atoms with Gasteiger partial charge in [-0.05, 0) is 55.5 Å². The minimum absolute atomic E-state index is 0. The van der Waals surface area contributed by atoms with Crippen LogP contribution in [0.2, 0.25) is 0 Å². The molecule has 0 atom stereocenters. The second-order valence-corrected chi connectivity index (χ2v) is 8.10. The van der Waals surface area contributed by atoms with E-state index in [2.05, 4.69) is 0 Å². The molecule has 0 spiro atoms. The molecule has 2 aromatic rings. The molecule has 2 rings (SSSR count). The first-order valence-electron chi connectivity index (χ1n) is 6.43. The molecule has 0 saturated heterocycles. The first-order valence-corrected chi connectivity index (χ1v) is 9.65. The van der Waals surface area contributed by atoms with E-state index in [4.69, 9.17) is 12.2 Å². The molecule has 7 nitrogen and oxygen atoms in total. The van der Waals surface area contributed by atoms with Crippen molar-refractivity contribution in [2.45, 2.75) is 16.7 Å². The molecular formula is C14H11NNa2O6S3. The molecular weight excluding hydrogens is 420 g/mol. The van der Waals surface area contributed by atoms with Crippen LogP contribution in [0.1, 0.15) is 6.92 Å². The summed E-state index contributed by atoms with van der Waals surface area (Å²) >= 11 is 5.16. The molecule has 0 heterocycles. The maximum atomic E-state index is 11.0. The van der Waals surface area contributed by atoms with Crippen LogP contribution in [0, 0.1) is 0 Å². The Kier molecular flexibility index (Phi) is 10.1. The van der Waals surface area contributed by atoms with Crippen LogP contribution in [0.5, 0.6) is 0 Å². The van der Waals surface area contributed by atoms with Gasteiger partial charge < -0.3 is 14.0 Å².